The highest BCUT2D eigenvalue weighted by atomic mass is 35.5. The molecule has 2 rings (SSSR count). The number of nitriles is 1. The SMILES string of the molecule is CC1CC(C(=O)O)CN(S(=O)(=O)c2ccc(C#N)cc2Cl)C1. The van der Waals surface area contributed by atoms with Crippen molar-refractivity contribution >= 4 is 27.6 Å². The van der Waals surface area contributed by atoms with Crippen molar-refractivity contribution in [2.45, 2.75) is 18.2 Å². The van der Waals surface area contributed by atoms with E-state index in [2.05, 4.69) is 0 Å². The van der Waals surface area contributed by atoms with Gasteiger partial charge in [0.05, 0.1) is 22.6 Å². The van der Waals surface area contributed by atoms with E-state index in [0.29, 0.717) is 6.42 Å². The topological polar surface area (TPSA) is 98.5 Å². The van der Waals surface area contributed by atoms with E-state index in [4.69, 9.17) is 22.0 Å². The van der Waals surface area contributed by atoms with Gasteiger partial charge in [-0.15, -0.1) is 0 Å². The van der Waals surface area contributed by atoms with Gasteiger partial charge in [0, 0.05) is 13.1 Å². The summed E-state index contributed by atoms with van der Waals surface area (Å²) in [4.78, 5) is 11.1. The largest absolute Gasteiger partial charge is 0.481 e. The third-order valence-electron chi connectivity index (χ3n) is 3.65. The van der Waals surface area contributed by atoms with Crippen molar-refractivity contribution in [2.24, 2.45) is 11.8 Å². The van der Waals surface area contributed by atoms with E-state index in [1.54, 1.807) is 0 Å². The zero-order valence-electron chi connectivity index (χ0n) is 11.9. The minimum Gasteiger partial charge on any atom is -0.481 e. The fourth-order valence-electron chi connectivity index (χ4n) is 2.60. The summed E-state index contributed by atoms with van der Waals surface area (Å²) in [5.41, 5.74) is 0.263. The lowest BCUT2D eigenvalue weighted by molar-refractivity contribution is -0.143. The van der Waals surface area contributed by atoms with Crippen LogP contribution in [0.2, 0.25) is 5.02 Å². The van der Waals surface area contributed by atoms with Crippen molar-refractivity contribution in [3.8, 4) is 6.07 Å². The number of nitrogens with zero attached hydrogens (tertiary/aromatic N) is 2. The van der Waals surface area contributed by atoms with Crippen molar-refractivity contribution in [1.82, 2.24) is 4.31 Å². The first-order chi connectivity index (χ1) is 10.3. The highest BCUT2D eigenvalue weighted by Crippen LogP contribution is 2.30. The molecule has 1 N–H and O–H groups in total. The summed E-state index contributed by atoms with van der Waals surface area (Å²) in [6, 6.07) is 5.83. The number of carbonyl (C=O) groups is 1. The van der Waals surface area contributed by atoms with Crippen molar-refractivity contribution < 1.29 is 18.3 Å². The Hall–Kier alpha value is -1.62. The van der Waals surface area contributed by atoms with E-state index >= 15 is 0 Å². The molecule has 6 nitrogen and oxygen atoms in total. The van der Waals surface area contributed by atoms with Gasteiger partial charge in [-0.3, -0.25) is 4.79 Å². The molecule has 0 spiro atoms. The third kappa shape index (κ3) is 3.24. The van der Waals surface area contributed by atoms with Gasteiger partial charge in [0.15, 0.2) is 0 Å². The molecule has 0 aromatic heterocycles. The quantitative estimate of drug-likeness (QED) is 0.905. The molecule has 1 saturated heterocycles. The Morgan fingerprint density at radius 2 is 2.14 bits per heavy atom. The van der Waals surface area contributed by atoms with Crippen molar-refractivity contribution in [2.75, 3.05) is 13.1 Å². The standard InChI is InChI=1S/C14H15ClN2O4S/c1-9-4-11(14(18)19)8-17(7-9)22(20,21)13-3-2-10(6-16)5-12(13)15/h2-3,5,9,11H,4,7-8H2,1H3,(H,18,19). The zero-order valence-corrected chi connectivity index (χ0v) is 13.4. The highest BCUT2D eigenvalue weighted by Gasteiger charge is 2.37. The molecule has 0 bridgehead atoms. The first-order valence-electron chi connectivity index (χ1n) is 6.68. The maximum Gasteiger partial charge on any atom is 0.307 e. The van der Waals surface area contributed by atoms with Gasteiger partial charge >= 0.3 is 5.97 Å². The summed E-state index contributed by atoms with van der Waals surface area (Å²) >= 11 is 5.97. The van der Waals surface area contributed by atoms with Gasteiger partial charge in [0.25, 0.3) is 0 Å². The average molecular weight is 343 g/mol. The van der Waals surface area contributed by atoms with Gasteiger partial charge in [-0.25, -0.2) is 8.42 Å². The molecule has 0 aliphatic carbocycles. The number of carboxylic acid groups (broad SMARTS) is 1. The summed E-state index contributed by atoms with van der Waals surface area (Å²) < 4.78 is 26.5. The predicted molar refractivity (Wildman–Crippen MR) is 79.8 cm³/mol. The van der Waals surface area contributed by atoms with Gasteiger partial charge in [-0.05, 0) is 30.5 Å². The first kappa shape index (κ1) is 16.7. The van der Waals surface area contributed by atoms with E-state index in [-0.39, 0.29) is 34.5 Å². The molecule has 0 amide bonds. The fraction of sp³-hybridized carbons (Fsp3) is 0.429. The maximum absolute atomic E-state index is 12.7. The van der Waals surface area contributed by atoms with E-state index in [1.807, 2.05) is 13.0 Å². The molecule has 1 fully saturated rings. The summed E-state index contributed by atoms with van der Waals surface area (Å²) in [7, 11) is -3.89. The van der Waals surface area contributed by atoms with Crippen LogP contribution >= 0.6 is 11.6 Å². The summed E-state index contributed by atoms with van der Waals surface area (Å²) in [5, 5.41) is 17.9. The minimum absolute atomic E-state index is 0.0378. The van der Waals surface area contributed by atoms with E-state index < -0.39 is 21.9 Å². The van der Waals surface area contributed by atoms with Crippen molar-refractivity contribution in [3.63, 3.8) is 0 Å². The molecule has 8 heteroatoms. The third-order valence-corrected chi connectivity index (χ3v) is 5.97. The number of piperidine rings is 1. The van der Waals surface area contributed by atoms with Crippen LogP contribution in [0, 0.1) is 23.2 Å². The number of halogens is 1. The Balaban J connectivity index is 2.38. The van der Waals surface area contributed by atoms with E-state index in [9.17, 15) is 13.2 Å². The van der Waals surface area contributed by atoms with Gasteiger partial charge in [-0.2, -0.15) is 9.57 Å². The van der Waals surface area contributed by atoms with Gasteiger partial charge < -0.3 is 5.11 Å². The molecule has 1 aliphatic heterocycles. The summed E-state index contributed by atoms with van der Waals surface area (Å²) in [6.07, 6.45) is 0.447. The molecular formula is C14H15ClN2O4S. The van der Waals surface area contributed by atoms with E-state index in [0.717, 1.165) is 4.31 Å². The number of hydrogen-bond acceptors (Lipinski definition) is 4. The van der Waals surface area contributed by atoms with Gasteiger partial charge in [0.1, 0.15) is 4.90 Å². The van der Waals surface area contributed by atoms with Crippen LogP contribution in [0.1, 0.15) is 18.9 Å². The lowest BCUT2D eigenvalue weighted by atomic mass is 9.92. The van der Waals surface area contributed by atoms with E-state index in [1.165, 1.54) is 18.2 Å². The Labute approximate surface area is 134 Å². The van der Waals surface area contributed by atoms with Crippen LogP contribution in [0.25, 0.3) is 0 Å². The predicted octanol–water partition coefficient (Wildman–Crippen LogP) is 1.94. The molecule has 0 saturated carbocycles. The highest BCUT2D eigenvalue weighted by molar-refractivity contribution is 7.89. The lowest BCUT2D eigenvalue weighted by Crippen LogP contribution is -2.45. The second kappa shape index (κ2) is 6.24. The monoisotopic (exact) mass is 342 g/mol. The smallest absolute Gasteiger partial charge is 0.307 e. The van der Waals surface area contributed by atoms with Crippen LogP contribution in [0.3, 0.4) is 0 Å². The molecule has 2 unspecified atom stereocenters. The Morgan fingerprint density at radius 1 is 1.45 bits per heavy atom. The van der Waals surface area contributed by atoms with Gasteiger partial charge in [-0.1, -0.05) is 18.5 Å². The second-order valence-corrected chi connectivity index (χ2v) is 7.77. The molecule has 118 valence electrons. The Bertz CT molecular complexity index is 742. The van der Waals surface area contributed by atoms with Crippen LogP contribution in [-0.4, -0.2) is 36.9 Å². The fourth-order valence-corrected chi connectivity index (χ4v) is 4.72. The molecular weight excluding hydrogens is 328 g/mol. The number of hydrogen-bond donors (Lipinski definition) is 1. The number of rotatable bonds is 3. The summed E-state index contributed by atoms with van der Waals surface area (Å²) in [6.45, 7) is 2.00. The number of benzene rings is 1. The number of carboxylic acids is 1. The first-order valence-corrected chi connectivity index (χ1v) is 8.50. The van der Waals surface area contributed by atoms with Crippen molar-refractivity contribution in [3.05, 3.63) is 28.8 Å². The number of sulfonamides is 1. The van der Waals surface area contributed by atoms with Crippen LogP contribution in [0.15, 0.2) is 23.1 Å². The Kier molecular flexibility index (Phi) is 4.75. The Morgan fingerprint density at radius 3 is 2.68 bits per heavy atom. The molecule has 0 radical (unpaired) electrons. The number of aliphatic carboxylic acids is 1. The molecule has 1 heterocycles. The van der Waals surface area contributed by atoms with Gasteiger partial charge in [0.2, 0.25) is 10.0 Å². The molecule has 1 aliphatic rings. The minimum atomic E-state index is -3.89. The van der Waals surface area contributed by atoms with Crippen LogP contribution in [-0.2, 0) is 14.8 Å². The lowest BCUT2D eigenvalue weighted by Gasteiger charge is -2.33. The van der Waals surface area contributed by atoms with Crippen molar-refractivity contribution in [1.29, 1.82) is 5.26 Å². The van der Waals surface area contributed by atoms with Crippen LogP contribution in [0.4, 0.5) is 0 Å². The normalized spacial score (nSPS) is 23.0. The second-order valence-electron chi connectivity index (χ2n) is 5.46. The summed E-state index contributed by atoms with van der Waals surface area (Å²) in [5.74, 6) is -1.78. The molecule has 1 aromatic carbocycles. The zero-order chi connectivity index (χ0) is 16.5. The maximum atomic E-state index is 12.7. The van der Waals surface area contributed by atoms with Crippen LogP contribution < -0.4 is 0 Å². The average Bonchev–Trinajstić information content (AvgIpc) is 2.46. The molecule has 2 atom stereocenters. The molecule has 22 heavy (non-hydrogen) atoms. The van der Waals surface area contributed by atoms with Crippen LogP contribution in [0.5, 0.6) is 0 Å². The molecule has 1 aromatic rings.